The fourth-order valence-corrected chi connectivity index (χ4v) is 0.896. The van der Waals surface area contributed by atoms with Crippen molar-refractivity contribution in [2.24, 2.45) is 0 Å². The van der Waals surface area contributed by atoms with Crippen molar-refractivity contribution in [3.8, 4) is 0 Å². The molecule has 0 radical (unpaired) electrons. The van der Waals surface area contributed by atoms with Crippen LogP contribution in [0.3, 0.4) is 0 Å². The molecule has 0 aliphatic rings. The van der Waals surface area contributed by atoms with E-state index in [0.717, 1.165) is 0 Å². The summed E-state index contributed by atoms with van der Waals surface area (Å²) in [5, 5.41) is 1.36. The minimum Gasteiger partial charge on any atom is -0.285 e. The van der Waals surface area contributed by atoms with Crippen LogP contribution in [0, 0.1) is 0 Å². The smallest absolute Gasteiger partial charge is 0.208 e. The number of carbonyl (C=O) groups is 1. The Morgan fingerprint density at radius 1 is 1.18 bits per heavy atom. The zero-order valence-corrected chi connectivity index (χ0v) is 7.70. The fraction of sp³-hybridized carbons (Fsp3) is 0. The molecular weight excluding hydrogens is 206 g/mol. The zero-order valence-electron chi connectivity index (χ0n) is 5.43. The Kier molecular flexibility index (Phi) is 6.33. The molecule has 0 aliphatic carbocycles. The lowest BCUT2D eigenvalue weighted by Gasteiger charge is -1.86. The van der Waals surface area contributed by atoms with Gasteiger partial charge in [-0.1, -0.05) is 29.3 Å². The van der Waals surface area contributed by atoms with Crippen LogP contribution in [0.1, 0.15) is 0 Å². The highest BCUT2D eigenvalue weighted by Gasteiger charge is 1.84. The van der Waals surface area contributed by atoms with E-state index in [1.807, 2.05) is 6.07 Å². The lowest BCUT2D eigenvalue weighted by Crippen LogP contribution is -1.61. The van der Waals surface area contributed by atoms with E-state index in [2.05, 4.69) is 11.6 Å². The molecule has 4 heteroatoms. The van der Waals surface area contributed by atoms with Crippen LogP contribution in [0.25, 0.3) is 0 Å². The topological polar surface area (TPSA) is 17.1 Å². The Hall–Kier alpha value is -0.240. The number of rotatable bonds is 0. The lowest BCUT2D eigenvalue weighted by atomic mass is 10.4. The SMILES string of the molecule is Clc1cccc(Cl)c1.O=CCl. The Balaban J connectivity index is 0.000000292. The molecule has 1 rings (SSSR count). The van der Waals surface area contributed by atoms with Crippen LogP contribution in [0.4, 0.5) is 0 Å². The number of benzene rings is 1. The molecular formula is C7H5Cl3O. The fourth-order valence-electron chi connectivity index (χ4n) is 0.460. The average Bonchev–Trinajstić information content (AvgIpc) is 1.88. The summed E-state index contributed by atoms with van der Waals surface area (Å²) in [6.45, 7) is 0. The molecule has 0 heterocycles. The summed E-state index contributed by atoms with van der Waals surface area (Å²) in [7, 11) is 0. The molecule has 1 nitrogen and oxygen atoms in total. The Morgan fingerprint density at radius 2 is 1.55 bits per heavy atom. The van der Waals surface area contributed by atoms with E-state index in [4.69, 9.17) is 28.0 Å². The largest absolute Gasteiger partial charge is 0.285 e. The van der Waals surface area contributed by atoms with Gasteiger partial charge >= 0.3 is 0 Å². The predicted molar refractivity (Wildman–Crippen MR) is 49.1 cm³/mol. The molecule has 0 aliphatic heterocycles. The number of hydrogen-bond donors (Lipinski definition) is 0. The van der Waals surface area contributed by atoms with Gasteiger partial charge in [-0.15, -0.1) is 0 Å². The molecule has 0 aromatic heterocycles. The van der Waals surface area contributed by atoms with Crippen molar-refractivity contribution in [1.29, 1.82) is 0 Å². The van der Waals surface area contributed by atoms with Crippen LogP contribution in [0.5, 0.6) is 0 Å². The van der Waals surface area contributed by atoms with Crippen molar-refractivity contribution in [1.82, 2.24) is 0 Å². The molecule has 0 amide bonds. The van der Waals surface area contributed by atoms with Crippen LogP contribution in [-0.2, 0) is 4.79 Å². The summed E-state index contributed by atoms with van der Waals surface area (Å²) in [6, 6.07) is 7.08. The summed E-state index contributed by atoms with van der Waals surface area (Å²) in [5.41, 5.74) is 0. The number of hydrogen-bond acceptors (Lipinski definition) is 1. The summed E-state index contributed by atoms with van der Waals surface area (Å²) >= 11 is 15.4. The Bertz CT molecular complexity index is 207. The molecule has 0 unspecified atom stereocenters. The van der Waals surface area contributed by atoms with E-state index in [9.17, 15) is 0 Å². The molecule has 0 saturated carbocycles. The molecule has 1 aromatic carbocycles. The quantitative estimate of drug-likeness (QED) is 0.475. The van der Waals surface area contributed by atoms with Gasteiger partial charge in [-0.3, -0.25) is 4.79 Å². The van der Waals surface area contributed by atoms with Crippen molar-refractivity contribution in [3.05, 3.63) is 34.3 Å². The van der Waals surface area contributed by atoms with Crippen molar-refractivity contribution in [3.63, 3.8) is 0 Å². The van der Waals surface area contributed by atoms with E-state index in [-0.39, 0.29) is 5.75 Å². The maximum absolute atomic E-state index is 8.57. The normalized spacial score (nSPS) is 7.91. The van der Waals surface area contributed by atoms with Gasteiger partial charge in [-0.2, -0.15) is 0 Å². The second kappa shape index (κ2) is 6.47. The third-order valence-electron chi connectivity index (χ3n) is 0.787. The van der Waals surface area contributed by atoms with Gasteiger partial charge in [0, 0.05) is 10.0 Å². The van der Waals surface area contributed by atoms with Gasteiger partial charge in [0.2, 0.25) is 5.75 Å². The van der Waals surface area contributed by atoms with Gasteiger partial charge in [0.05, 0.1) is 0 Å². The molecule has 0 atom stereocenters. The molecule has 0 N–H and O–H groups in total. The molecule has 0 fully saturated rings. The number of halogens is 3. The van der Waals surface area contributed by atoms with Crippen molar-refractivity contribution < 1.29 is 4.79 Å². The van der Waals surface area contributed by atoms with Crippen molar-refractivity contribution in [2.75, 3.05) is 0 Å². The van der Waals surface area contributed by atoms with Gasteiger partial charge in [-0.25, -0.2) is 0 Å². The molecule has 0 bridgehead atoms. The van der Waals surface area contributed by atoms with Crippen LogP contribution >= 0.6 is 34.8 Å². The minimum atomic E-state index is 0.222. The first-order valence-corrected chi connectivity index (χ1v) is 3.85. The van der Waals surface area contributed by atoms with Crippen molar-refractivity contribution >= 4 is 40.5 Å². The Morgan fingerprint density at radius 3 is 1.73 bits per heavy atom. The van der Waals surface area contributed by atoms with E-state index < -0.39 is 0 Å². The van der Waals surface area contributed by atoms with Crippen molar-refractivity contribution in [2.45, 2.75) is 0 Å². The summed E-state index contributed by atoms with van der Waals surface area (Å²) in [5.74, 6) is 0.222. The van der Waals surface area contributed by atoms with Crippen LogP contribution in [0.15, 0.2) is 24.3 Å². The van der Waals surface area contributed by atoms with E-state index in [1.165, 1.54) is 0 Å². The van der Waals surface area contributed by atoms with Crippen LogP contribution in [0.2, 0.25) is 10.0 Å². The Labute approximate surface area is 79.9 Å². The summed E-state index contributed by atoms with van der Waals surface area (Å²) < 4.78 is 0. The predicted octanol–water partition coefficient (Wildman–Crippen LogP) is 3.41. The van der Waals surface area contributed by atoms with Crippen LogP contribution < -0.4 is 0 Å². The van der Waals surface area contributed by atoms with Gasteiger partial charge in [0.15, 0.2) is 0 Å². The first kappa shape index (κ1) is 10.8. The first-order chi connectivity index (χ1) is 5.20. The van der Waals surface area contributed by atoms with Gasteiger partial charge in [0.1, 0.15) is 0 Å². The summed E-state index contributed by atoms with van der Waals surface area (Å²) in [6.07, 6.45) is 0. The minimum absolute atomic E-state index is 0.222. The van der Waals surface area contributed by atoms with E-state index >= 15 is 0 Å². The molecule has 1 aromatic rings. The third kappa shape index (κ3) is 6.17. The average molecular weight is 211 g/mol. The molecule has 0 saturated heterocycles. The molecule has 11 heavy (non-hydrogen) atoms. The molecule has 0 spiro atoms. The lowest BCUT2D eigenvalue weighted by molar-refractivity contribution is 0.569. The zero-order chi connectivity index (χ0) is 8.69. The second-order valence-electron chi connectivity index (χ2n) is 1.53. The van der Waals surface area contributed by atoms with Gasteiger partial charge in [0.25, 0.3) is 0 Å². The highest BCUT2D eigenvalue weighted by Crippen LogP contribution is 2.13. The monoisotopic (exact) mass is 210 g/mol. The first-order valence-electron chi connectivity index (χ1n) is 2.65. The second-order valence-corrected chi connectivity index (χ2v) is 2.58. The highest BCUT2D eigenvalue weighted by atomic mass is 35.5. The van der Waals surface area contributed by atoms with Gasteiger partial charge < -0.3 is 0 Å². The third-order valence-corrected chi connectivity index (χ3v) is 1.26. The van der Waals surface area contributed by atoms with Crippen LogP contribution in [-0.4, -0.2) is 5.75 Å². The number of carbonyl (C=O) groups excluding carboxylic acids is 1. The highest BCUT2D eigenvalue weighted by molar-refractivity contribution is 6.54. The standard InChI is InChI=1S/C6H4Cl2.CHClO/c7-5-2-1-3-6(8)4-5;2-1-3/h1-4H;1H. The summed E-state index contributed by atoms with van der Waals surface area (Å²) in [4.78, 5) is 8.57. The molecule has 60 valence electrons. The van der Waals surface area contributed by atoms with E-state index in [1.54, 1.807) is 18.2 Å². The maximum Gasteiger partial charge on any atom is 0.208 e. The maximum atomic E-state index is 8.57. The van der Waals surface area contributed by atoms with E-state index in [0.29, 0.717) is 10.0 Å². The van der Waals surface area contributed by atoms with Gasteiger partial charge in [-0.05, 0) is 29.8 Å².